The number of Topliss-reactive ketones (excluding diaryl/α,β-unsaturated/α-hetero) is 1. The smallest absolute Gasteiger partial charge is 0.412 e. The van der Waals surface area contributed by atoms with E-state index in [4.69, 9.17) is 16.3 Å². The Balaban J connectivity index is 1.79. The third-order valence-corrected chi connectivity index (χ3v) is 5.75. The van der Waals surface area contributed by atoms with Gasteiger partial charge in [-0.15, -0.1) is 0 Å². The number of benzene rings is 1. The molecule has 1 aliphatic carbocycles. The van der Waals surface area contributed by atoms with Gasteiger partial charge in [-0.3, -0.25) is 24.5 Å². The van der Waals surface area contributed by atoms with Gasteiger partial charge in [-0.1, -0.05) is 11.6 Å². The highest BCUT2D eigenvalue weighted by Crippen LogP contribution is 2.39. The zero-order chi connectivity index (χ0) is 23.5. The molecule has 10 nitrogen and oxygen atoms in total. The minimum atomic E-state index is -1.24. The first-order chi connectivity index (χ1) is 15.1. The molecule has 2 fully saturated rings. The van der Waals surface area contributed by atoms with Crippen molar-refractivity contribution >= 4 is 46.9 Å². The summed E-state index contributed by atoms with van der Waals surface area (Å²) in [6, 6.07) is 3.02. The number of carbonyl (C=O) groups excluding carboxylic acids is 5. The normalized spacial score (nSPS) is 19.3. The van der Waals surface area contributed by atoms with E-state index >= 15 is 0 Å². The quantitative estimate of drug-likeness (QED) is 0.428. The van der Waals surface area contributed by atoms with E-state index in [0.29, 0.717) is 13.0 Å². The summed E-state index contributed by atoms with van der Waals surface area (Å²) in [7, 11) is 1.30. The molecule has 1 saturated carbocycles. The van der Waals surface area contributed by atoms with Crippen molar-refractivity contribution in [3.8, 4) is 0 Å². The Kier molecular flexibility index (Phi) is 7.02. The molecule has 0 aromatic heterocycles. The molecular formula is C21H25ClN4O6. The van der Waals surface area contributed by atoms with Gasteiger partial charge in [0, 0.05) is 24.5 Å². The highest BCUT2D eigenvalue weighted by atomic mass is 35.5. The number of anilines is 1. The van der Waals surface area contributed by atoms with Gasteiger partial charge in [0.05, 0.1) is 17.3 Å². The minimum Gasteiger partial charge on any atom is -0.443 e. The Bertz CT molecular complexity index is 962. The fourth-order valence-electron chi connectivity index (χ4n) is 3.35. The molecular weight excluding hydrogens is 440 g/mol. The van der Waals surface area contributed by atoms with Gasteiger partial charge < -0.3 is 20.7 Å². The lowest BCUT2D eigenvalue weighted by Crippen LogP contribution is -2.48. The van der Waals surface area contributed by atoms with Gasteiger partial charge in [0.25, 0.3) is 11.8 Å². The first-order valence-electron chi connectivity index (χ1n) is 10.3. The van der Waals surface area contributed by atoms with Gasteiger partial charge in [-0.25, -0.2) is 4.79 Å². The van der Waals surface area contributed by atoms with Crippen LogP contribution in [-0.4, -0.2) is 54.8 Å². The predicted molar refractivity (Wildman–Crippen MR) is 115 cm³/mol. The largest absolute Gasteiger partial charge is 0.443 e. The van der Waals surface area contributed by atoms with Gasteiger partial charge >= 0.3 is 6.09 Å². The van der Waals surface area contributed by atoms with Crippen LogP contribution in [0.15, 0.2) is 18.2 Å². The van der Waals surface area contributed by atoms with E-state index in [0.717, 1.165) is 12.8 Å². The molecule has 4 N–H and O–H groups in total. The summed E-state index contributed by atoms with van der Waals surface area (Å²) in [6.07, 6.45) is 1.25. The van der Waals surface area contributed by atoms with Gasteiger partial charge in [0.2, 0.25) is 11.7 Å². The second kappa shape index (κ2) is 9.56. The molecule has 4 amide bonds. The number of hydrogen-bond donors (Lipinski definition) is 4. The number of ketones is 1. The Morgan fingerprint density at radius 1 is 1.28 bits per heavy atom. The lowest BCUT2D eigenvalue weighted by atomic mass is 9.95. The Labute approximate surface area is 189 Å². The molecule has 32 heavy (non-hydrogen) atoms. The third-order valence-electron chi connectivity index (χ3n) is 5.51. The van der Waals surface area contributed by atoms with Crippen molar-refractivity contribution in [2.24, 2.45) is 5.92 Å². The van der Waals surface area contributed by atoms with Crippen LogP contribution in [0.3, 0.4) is 0 Å². The van der Waals surface area contributed by atoms with Crippen molar-refractivity contribution in [3.63, 3.8) is 0 Å². The maximum atomic E-state index is 13.0. The van der Waals surface area contributed by atoms with Crippen molar-refractivity contribution in [2.75, 3.05) is 18.9 Å². The van der Waals surface area contributed by atoms with E-state index in [9.17, 15) is 24.0 Å². The van der Waals surface area contributed by atoms with Gasteiger partial charge in [-0.2, -0.15) is 0 Å². The van der Waals surface area contributed by atoms with Crippen LogP contribution in [0.2, 0.25) is 5.02 Å². The Hall–Kier alpha value is -3.14. The Morgan fingerprint density at radius 2 is 2.00 bits per heavy atom. The van der Waals surface area contributed by atoms with Crippen molar-refractivity contribution in [2.45, 2.75) is 44.2 Å². The van der Waals surface area contributed by atoms with Crippen LogP contribution in [-0.2, 0) is 19.1 Å². The average Bonchev–Trinajstić information content (AvgIpc) is 3.33. The lowest BCUT2D eigenvalue weighted by molar-refractivity contribution is -0.139. The monoisotopic (exact) mass is 464 g/mol. The van der Waals surface area contributed by atoms with Gasteiger partial charge in [-0.05, 0) is 50.8 Å². The summed E-state index contributed by atoms with van der Waals surface area (Å²) in [6.45, 7) is 2.26. The molecule has 0 spiro atoms. The van der Waals surface area contributed by atoms with Crippen LogP contribution >= 0.6 is 11.6 Å². The standard InChI is InChI=1S/C21H25ClN4O6/c1-21(6-7-21)32-20(31)26-14-4-3-12(22)10-13(14)18(29)25-15(16(27)19(30)23-2)9-11-5-8-24-17(11)28/h3-4,10-11,15H,5-9H2,1-2H3,(H,23,30)(H,24,28)(H,25,29)(H,26,31)/t11-,15-/m0/s1. The number of halogens is 1. The first kappa shape index (κ1) is 23.5. The number of nitrogens with one attached hydrogen (secondary N) is 4. The number of ether oxygens (including phenoxy) is 1. The van der Waals surface area contributed by atoms with E-state index in [1.807, 2.05) is 0 Å². The predicted octanol–water partition coefficient (Wildman–Crippen LogP) is 1.38. The lowest BCUT2D eigenvalue weighted by Gasteiger charge is -2.20. The summed E-state index contributed by atoms with van der Waals surface area (Å²) in [4.78, 5) is 61.7. The average molecular weight is 465 g/mol. The van der Waals surface area contributed by atoms with Crippen LogP contribution in [0.5, 0.6) is 0 Å². The topological polar surface area (TPSA) is 143 Å². The minimum absolute atomic E-state index is 0.0130. The van der Waals surface area contributed by atoms with Crippen LogP contribution in [0, 0.1) is 5.92 Å². The zero-order valence-electron chi connectivity index (χ0n) is 17.7. The molecule has 3 rings (SSSR count). The molecule has 1 aromatic carbocycles. The molecule has 1 heterocycles. The van der Waals surface area contributed by atoms with Crippen LogP contribution in [0.1, 0.15) is 43.0 Å². The van der Waals surface area contributed by atoms with Crippen molar-refractivity contribution < 1.29 is 28.7 Å². The summed E-state index contributed by atoms with van der Waals surface area (Å²) in [5, 5.41) is 10.2. The molecule has 1 saturated heterocycles. The summed E-state index contributed by atoms with van der Waals surface area (Å²) < 4.78 is 5.32. The maximum absolute atomic E-state index is 13.0. The molecule has 1 aliphatic heterocycles. The van der Waals surface area contributed by atoms with Gasteiger partial charge in [0.1, 0.15) is 5.60 Å². The second-order valence-corrected chi connectivity index (χ2v) is 8.57. The van der Waals surface area contributed by atoms with E-state index in [1.54, 1.807) is 6.92 Å². The third kappa shape index (κ3) is 5.76. The van der Waals surface area contributed by atoms with E-state index < -0.39 is 41.3 Å². The van der Waals surface area contributed by atoms with Crippen LogP contribution < -0.4 is 21.3 Å². The fraction of sp³-hybridized carbons (Fsp3) is 0.476. The number of carbonyl (C=O) groups is 5. The molecule has 11 heteroatoms. The molecule has 1 aromatic rings. The molecule has 0 bridgehead atoms. The van der Waals surface area contributed by atoms with Crippen molar-refractivity contribution in [1.29, 1.82) is 0 Å². The molecule has 0 radical (unpaired) electrons. The van der Waals surface area contributed by atoms with E-state index in [2.05, 4.69) is 21.3 Å². The molecule has 2 atom stereocenters. The molecule has 172 valence electrons. The summed E-state index contributed by atoms with van der Waals surface area (Å²) in [5.74, 6) is -3.26. The van der Waals surface area contributed by atoms with Crippen molar-refractivity contribution in [3.05, 3.63) is 28.8 Å². The second-order valence-electron chi connectivity index (χ2n) is 8.14. The SMILES string of the molecule is CNC(=O)C(=O)[C@H](C[C@@H]1CCNC1=O)NC(=O)c1cc(Cl)ccc1NC(=O)OC1(C)CC1. The highest BCUT2D eigenvalue weighted by Gasteiger charge is 2.42. The number of rotatable bonds is 8. The number of likely N-dealkylation sites (N-methyl/N-ethyl adjacent to an activating group) is 1. The van der Waals surface area contributed by atoms with E-state index in [-0.39, 0.29) is 28.6 Å². The number of amides is 4. The molecule has 2 aliphatic rings. The first-order valence-corrected chi connectivity index (χ1v) is 10.6. The van der Waals surface area contributed by atoms with Crippen molar-refractivity contribution in [1.82, 2.24) is 16.0 Å². The number of hydrogen-bond acceptors (Lipinski definition) is 6. The Morgan fingerprint density at radius 3 is 2.59 bits per heavy atom. The van der Waals surface area contributed by atoms with Crippen LogP contribution in [0.25, 0.3) is 0 Å². The summed E-state index contributed by atoms with van der Waals surface area (Å²) in [5.41, 5.74) is -0.391. The van der Waals surface area contributed by atoms with Gasteiger partial charge in [0.15, 0.2) is 0 Å². The highest BCUT2D eigenvalue weighted by molar-refractivity contribution is 6.38. The zero-order valence-corrected chi connectivity index (χ0v) is 18.5. The molecule has 0 unspecified atom stereocenters. The van der Waals surface area contributed by atoms with E-state index in [1.165, 1.54) is 25.2 Å². The fourth-order valence-corrected chi connectivity index (χ4v) is 3.53. The van der Waals surface area contributed by atoms with Crippen LogP contribution in [0.4, 0.5) is 10.5 Å². The maximum Gasteiger partial charge on any atom is 0.412 e. The summed E-state index contributed by atoms with van der Waals surface area (Å²) >= 11 is 6.03.